The number of carbonyl (C=O) groups excluding carboxylic acids is 1. The number of thiophene rings is 1. The lowest BCUT2D eigenvalue weighted by molar-refractivity contribution is -0.0379. The van der Waals surface area contributed by atoms with E-state index in [4.69, 9.17) is 9.47 Å². The van der Waals surface area contributed by atoms with Gasteiger partial charge in [0, 0.05) is 25.0 Å². The van der Waals surface area contributed by atoms with E-state index >= 15 is 0 Å². The number of amides is 1. The molecule has 1 N–H and O–H groups in total. The summed E-state index contributed by atoms with van der Waals surface area (Å²) in [6, 6.07) is 0. The van der Waals surface area contributed by atoms with E-state index in [0.717, 1.165) is 16.6 Å². The Bertz CT molecular complexity index is 1010. The standard InChI is InChI=1S/C17H21N5O3S/c1-9-19-16-12(10-7-17(2,3)25-8-11(10)26-16)14-20-13(21-22(9)14)15(23)18-5-6-24-4/h5-8H2,1-4H3,(H,18,23). The van der Waals surface area contributed by atoms with E-state index in [1.165, 1.54) is 10.4 Å². The third kappa shape index (κ3) is 2.85. The molecule has 0 saturated carbocycles. The predicted octanol–water partition coefficient (Wildman–Crippen LogP) is 1.87. The molecule has 0 saturated heterocycles. The Kier molecular flexibility index (Phi) is 4.17. The fourth-order valence-corrected chi connectivity index (χ4v) is 4.33. The SMILES string of the molecule is COCCNC(=O)c1nc2c3c4c(sc3nc(C)n2n1)COC(C)(C)C4. The molecule has 3 aromatic heterocycles. The summed E-state index contributed by atoms with van der Waals surface area (Å²) < 4.78 is 12.5. The zero-order valence-electron chi connectivity index (χ0n) is 15.3. The van der Waals surface area contributed by atoms with Crippen molar-refractivity contribution in [2.45, 2.75) is 39.4 Å². The molecule has 0 fully saturated rings. The molecule has 0 aliphatic carbocycles. The third-order valence-corrected chi connectivity index (χ3v) is 5.56. The molecule has 1 aliphatic rings. The number of carbonyl (C=O) groups is 1. The number of hydrogen-bond acceptors (Lipinski definition) is 7. The zero-order chi connectivity index (χ0) is 18.5. The van der Waals surface area contributed by atoms with Gasteiger partial charge in [-0.25, -0.2) is 9.97 Å². The molecule has 1 amide bonds. The third-order valence-electron chi connectivity index (χ3n) is 4.46. The first kappa shape index (κ1) is 17.3. The minimum Gasteiger partial charge on any atom is -0.383 e. The fraction of sp³-hybridized carbons (Fsp3) is 0.529. The zero-order valence-corrected chi connectivity index (χ0v) is 16.1. The lowest BCUT2D eigenvalue weighted by Crippen LogP contribution is -2.31. The van der Waals surface area contributed by atoms with E-state index in [2.05, 4.69) is 34.2 Å². The number of aryl methyl sites for hydroxylation is 1. The largest absolute Gasteiger partial charge is 0.383 e. The minimum atomic E-state index is -0.314. The summed E-state index contributed by atoms with van der Waals surface area (Å²) in [6.07, 6.45) is 0.783. The molecule has 1 aliphatic heterocycles. The summed E-state index contributed by atoms with van der Waals surface area (Å²) in [6.45, 7) is 7.46. The van der Waals surface area contributed by atoms with Gasteiger partial charge in [0.15, 0.2) is 5.65 Å². The summed E-state index contributed by atoms with van der Waals surface area (Å²) in [5.74, 6) is 0.533. The van der Waals surface area contributed by atoms with Crippen LogP contribution in [0.25, 0.3) is 15.9 Å². The van der Waals surface area contributed by atoms with Crippen molar-refractivity contribution in [1.82, 2.24) is 24.9 Å². The van der Waals surface area contributed by atoms with Crippen LogP contribution in [0.2, 0.25) is 0 Å². The summed E-state index contributed by atoms with van der Waals surface area (Å²) >= 11 is 1.63. The topological polar surface area (TPSA) is 90.6 Å². The van der Waals surface area contributed by atoms with Gasteiger partial charge in [-0.1, -0.05) is 0 Å². The smallest absolute Gasteiger partial charge is 0.291 e. The van der Waals surface area contributed by atoms with Gasteiger partial charge in [0.25, 0.3) is 5.91 Å². The van der Waals surface area contributed by atoms with Crippen LogP contribution < -0.4 is 5.32 Å². The van der Waals surface area contributed by atoms with Crippen LogP contribution in [0.4, 0.5) is 0 Å². The van der Waals surface area contributed by atoms with E-state index in [0.29, 0.717) is 31.2 Å². The minimum absolute atomic E-state index is 0.143. The van der Waals surface area contributed by atoms with Crippen molar-refractivity contribution in [3.63, 3.8) is 0 Å². The van der Waals surface area contributed by atoms with Crippen LogP contribution in [-0.4, -0.2) is 51.4 Å². The van der Waals surface area contributed by atoms with E-state index < -0.39 is 0 Å². The van der Waals surface area contributed by atoms with Gasteiger partial charge in [-0.05, 0) is 26.3 Å². The van der Waals surface area contributed by atoms with Gasteiger partial charge in [0.1, 0.15) is 10.7 Å². The summed E-state index contributed by atoms with van der Waals surface area (Å²) in [7, 11) is 1.59. The van der Waals surface area contributed by atoms with Crippen molar-refractivity contribution in [3.8, 4) is 0 Å². The van der Waals surface area contributed by atoms with Crippen LogP contribution in [-0.2, 0) is 22.5 Å². The maximum Gasteiger partial charge on any atom is 0.291 e. The van der Waals surface area contributed by atoms with E-state index in [1.807, 2.05) is 6.92 Å². The van der Waals surface area contributed by atoms with E-state index in [9.17, 15) is 4.79 Å². The highest BCUT2D eigenvalue weighted by atomic mass is 32.1. The van der Waals surface area contributed by atoms with Crippen LogP contribution >= 0.6 is 11.3 Å². The van der Waals surface area contributed by atoms with Crippen LogP contribution in [0.15, 0.2) is 0 Å². The highest BCUT2D eigenvalue weighted by Gasteiger charge is 2.31. The molecule has 0 unspecified atom stereocenters. The number of aromatic nitrogens is 4. The molecule has 138 valence electrons. The maximum absolute atomic E-state index is 12.3. The quantitative estimate of drug-likeness (QED) is 0.700. The molecular weight excluding hydrogens is 354 g/mol. The highest BCUT2D eigenvalue weighted by molar-refractivity contribution is 7.19. The molecule has 4 rings (SSSR count). The molecule has 0 radical (unpaired) electrons. The number of methoxy groups -OCH3 is 1. The molecule has 0 bridgehead atoms. The molecule has 8 nitrogen and oxygen atoms in total. The first-order valence-electron chi connectivity index (χ1n) is 8.48. The maximum atomic E-state index is 12.3. The summed E-state index contributed by atoms with van der Waals surface area (Å²) in [4.78, 5) is 23.6. The Labute approximate surface area is 154 Å². The molecule has 0 spiro atoms. The number of ether oxygens (including phenoxy) is 2. The Morgan fingerprint density at radius 3 is 3.00 bits per heavy atom. The molecule has 26 heavy (non-hydrogen) atoms. The Morgan fingerprint density at radius 1 is 1.42 bits per heavy atom. The van der Waals surface area contributed by atoms with Crippen LogP contribution in [0.3, 0.4) is 0 Å². The number of hydrogen-bond donors (Lipinski definition) is 1. The second kappa shape index (κ2) is 6.26. The number of fused-ring (bicyclic) bond motifs is 5. The Balaban J connectivity index is 1.84. The molecule has 3 aromatic rings. The van der Waals surface area contributed by atoms with Gasteiger partial charge >= 0.3 is 0 Å². The van der Waals surface area contributed by atoms with Gasteiger partial charge in [0.2, 0.25) is 5.82 Å². The Morgan fingerprint density at radius 2 is 2.23 bits per heavy atom. The van der Waals surface area contributed by atoms with Gasteiger partial charge < -0.3 is 14.8 Å². The first-order chi connectivity index (χ1) is 12.4. The second-order valence-corrected chi connectivity index (χ2v) is 8.07. The predicted molar refractivity (Wildman–Crippen MR) is 97.7 cm³/mol. The normalized spacial score (nSPS) is 16.2. The lowest BCUT2D eigenvalue weighted by atomic mass is 9.94. The van der Waals surface area contributed by atoms with Gasteiger partial charge in [0.05, 0.1) is 24.2 Å². The average molecular weight is 375 g/mol. The van der Waals surface area contributed by atoms with Crippen molar-refractivity contribution in [2.75, 3.05) is 20.3 Å². The molecule has 0 aromatic carbocycles. The van der Waals surface area contributed by atoms with Crippen molar-refractivity contribution in [1.29, 1.82) is 0 Å². The Hall–Kier alpha value is -2.10. The van der Waals surface area contributed by atoms with Crippen molar-refractivity contribution in [2.24, 2.45) is 0 Å². The number of rotatable bonds is 4. The number of nitrogens with one attached hydrogen (secondary N) is 1. The van der Waals surface area contributed by atoms with E-state index in [-0.39, 0.29) is 17.3 Å². The fourth-order valence-electron chi connectivity index (χ4n) is 3.18. The van der Waals surface area contributed by atoms with Crippen molar-refractivity contribution >= 4 is 33.1 Å². The summed E-state index contributed by atoms with van der Waals surface area (Å²) in [5.41, 5.74) is 1.65. The lowest BCUT2D eigenvalue weighted by Gasteiger charge is -2.30. The van der Waals surface area contributed by atoms with E-state index in [1.54, 1.807) is 23.0 Å². The summed E-state index contributed by atoms with van der Waals surface area (Å²) in [5, 5.41) is 8.11. The average Bonchev–Trinajstić information content (AvgIpc) is 3.15. The number of nitrogens with zero attached hydrogens (tertiary/aromatic N) is 4. The van der Waals surface area contributed by atoms with Gasteiger partial charge in [-0.15, -0.1) is 16.4 Å². The monoisotopic (exact) mass is 375 g/mol. The van der Waals surface area contributed by atoms with Crippen LogP contribution in [0, 0.1) is 6.92 Å². The molecule has 9 heteroatoms. The van der Waals surface area contributed by atoms with Crippen molar-refractivity contribution < 1.29 is 14.3 Å². The first-order valence-corrected chi connectivity index (χ1v) is 9.30. The molecule has 4 heterocycles. The van der Waals surface area contributed by atoms with Gasteiger partial charge in [-0.3, -0.25) is 4.79 Å². The van der Waals surface area contributed by atoms with Crippen LogP contribution in [0.5, 0.6) is 0 Å². The molecule has 0 atom stereocenters. The molecular formula is C17H21N5O3S. The highest BCUT2D eigenvalue weighted by Crippen LogP contribution is 2.39. The second-order valence-electron chi connectivity index (χ2n) is 6.99. The van der Waals surface area contributed by atoms with Gasteiger partial charge in [-0.2, -0.15) is 4.52 Å². The van der Waals surface area contributed by atoms with Crippen LogP contribution in [0.1, 0.15) is 40.7 Å². The van der Waals surface area contributed by atoms with Crippen molar-refractivity contribution in [3.05, 3.63) is 22.1 Å².